The average molecular weight is 419 g/mol. The number of benzene rings is 1. The van der Waals surface area contributed by atoms with E-state index in [1.807, 2.05) is 5.38 Å². The molecule has 0 aliphatic rings. The van der Waals surface area contributed by atoms with E-state index < -0.39 is 0 Å². The maximum atomic E-state index is 12.0. The number of halogens is 1. The minimum absolute atomic E-state index is 0.218. The Bertz CT molecular complexity index is 632. The summed E-state index contributed by atoms with van der Waals surface area (Å²) in [5.41, 5.74) is 0.512. The van der Waals surface area contributed by atoms with E-state index >= 15 is 0 Å². The summed E-state index contributed by atoms with van der Waals surface area (Å²) in [6.45, 7) is 0. The van der Waals surface area contributed by atoms with Crippen molar-refractivity contribution >= 4 is 62.3 Å². The number of carbonyl (C=O) groups is 1. The number of aromatic nitrogens is 1. The molecule has 0 aliphatic heterocycles. The van der Waals surface area contributed by atoms with Crippen molar-refractivity contribution in [3.05, 3.63) is 38.9 Å². The maximum Gasteiger partial charge on any atom is 0.257 e. The van der Waals surface area contributed by atoms with Gasteiger partial charge in [0.1, 0.15) is 5.75 Å². The minimum Gasteiger partial charge on any atom is -0.496 e. The summed E-state index contributed by atoms with van der Waals surface area (Å²) >= 11 is 8.57. The van der Waals surface area contributed by atoms with Gasteiger partial charge in [-0.05, 0) is 53.0 Å². The molecule has 1 aromatic carbocycles. The van der Waals surface area contributed by atoms with Gasteiger partial charge in [-0.3, -0.25) is 10.1 Å². The van der Waals surface area contributed by atoms with E-state index in [0.29, 0.717) is 10.7 Å². The Morgan fingerprint density at radius 3 is 2.90 bits per heavy atom. The number of methoxy groups -OCH3 is 1. The standard InChI is InChI=1S/C12H10IN3O2S2/c1-18-9-3-2-7(6-8(9)13)10(17)15-11(19)16-12-14-4-5-20-12/h2-6H,1H3,(H2,14,15,16,17,19). The van der Waals surface area contributed by atoms with Crippen molar-refractivity contribution < 1.29 is 9.53 Å². The number of carbonyl (C=O) groups excluding carboxylic acids is 1. The number of thiocarbonyl (C=S) groups is 1. The molecule has 2 aromatic rings. The summed E-state index contributed by atoms with van der Waals surface area (Å²) in [6, 6.07) is 5.16. The van der Waals surface area contributed by atoms with Crippen molar-refractivity contribution in [2.75, 3.05) is 12.4 Å². The van der Waals surface area contributed by atoms with Crippen molar-refractivity contribution in [3.8, 4) is 5.75 Å². The molecular weight excluding hydrogens is 409 g/mol. The van der Waals surface area contributed by atoms with Crippen molar-refractivity contribution in [2.45, 2.75) is 0 Å². The van der Waals surface area contributed by atoms with Crippen molar-refractivity contribution in [3.63, 3.8) is 0 Å². The van der Waals surface area contributed by atoms with Gasteiger partial charge < -0.3 is 10.1 Å². The number of amides is 1. The lowest BCUT2D eigenvalue weighted by atomic mass is 10.2. The summed E-state index contributed by atoms with van der Waals surface area (Å²) < 4.78 is 6.00. The molecule has 0 saturated carbocycles. The zero-order chi connectivity index (χ0) is 14.5. The van der Waals surface area contributed by atoms with Gasteiger partial charge in [-0.25, -0.2) is 4.98 Å². The lowest BCUT2D eigenvalue weighted by molar-refractivity contribution is 0.0977. The second kappa shape index (κ2) is 6.95. The first kappa shape index (κ1) is 15.1. The van der Waals surface area contributed by atoms with Gasteiger partial charge in [0, 0.05) is 17.1 Å². The van der Waals surface area contributed by atoms with Gasteiger partial charge in [-0.2, -0.15) is 0 Å². The number of thiazole rings is 1. The zero-order valence-electron chi connectivity index (χ0n) is 10.3. The molecule has 1 aromatic heterocycles. The molecule has 0 unspecified atom stereocenters. The van der Waals surface area contributed by atoms with E-state index in [2.05, 4.69) is 38.2 Å². The Balaban J connectivity index is 2.01. The van der Waals surface area contributed by atoms with Gasteiger partial charge in [-0.1, -0.05) is 0 Å². The number of nitrogens with one attached hydrogen (secondary N) is 2. The van der Waals surface area contributed by atoms with Crippen LogP contribution in [-0.2, 0) is 0 Å². The van der Waals surface area contributed by atoms with Crippen LogP contribution in [0.4, 0.5) is 5.13 Å². The lowest BCUT2D eigenvalue weighted by Crippen LogP contribution is -2.34. The molecule has 0 bridgehead atoms. The Hall–Kier alpha value is -1.26. The lowest BCUT2D eigenvalue weighted by Gasteiger charge is -2.08. The number of anilines is 1. The number of rotatable bonds is 3. The highest BCUT2D eigenvalue weighted by atomic mass is 127. The fourth-order valence-corrected chi connectivity index (χ4v) is 2.92. The molecule has 0 saturated heterocycles. The Kier molecular flexibility index (Phi) is 5.26. The van der Waals surface area contributed by atoms with Crippen LogP contribution in [0.2, 0.25) is 0 Å². The molecule has 1 heterocycles. The zero-order valence-corrected chi connectivity index (χ0v) is 14.1. The van der Waals surface area contributed by atoms with Crippen LogP contribution in [0.5, 0.6) is 5.75 Å². The van der Waals surface area contributed by atoms with Gasteiger partial charge in [0.25, 0.3) is 5.91 Å². The fourth-order valence-electron chi connectivity index (χ4n) is 1.40. The van der Waals surface area contributed by atoms with Gasteiger partial charge >= 0.3 is 0 Å². The molecule has 2 N–H and O–H groups in total. The first-order chi connectivity index (χ1) is 9.60. The smallest absolute Gasteiger partial charge is 0.257 e. The fraction of sp³-hybridized carbons (Fsp3) is 0.0833. The number of hydrogen-bond acceptors (Lipinski definition) is 5. The topological polar surface area (TPSA) is 63.2 Å². The predicted octanol–water partition coefficient (Wildman–Crippen LogP) is 2.88. The molecule has 0 radical (unpaired) electrons. The molecule has 20 heavy (non-hydrogen) atoms. The third-order valence-corrected chi connectivity index (χ3v) is 4.03. The van der Waals surface area contributed by atoms with E-state index in [4.69, 9.17) is 17.0 Å². The van der Waals surface area contributed by atoms with Crippen LogP contribution in [0.15, 0.2) is 29.8 Å². The van der Waals surface area contributed by atoms with E-state index in [-0.39, 0.29) is 11.0 Å². The second-order valence-corrected chi connectivity index (χ2v) is 6.06. The normalized spacial score (nSPS) is 9.90. The first-order valence-electron chi connectivity index (χ1n) is 5.45. The SMILES string of the molecule is COc1ccc(C(=O)NC(=S)Nc2nccs2)cc1I. The van der Waals surface area contributed by atoms with E-state index in [9.17, 15) is 4.79 Å². The molecule has 104 valence electrons. The Morgan fingerprint density at radius 1 is 1.50 bits per heavy atom. The summed E-state index contributed by atoms with van der Waals surface area (Å²) in [7, 11) is 1.59. The molecule has 2 rings (SSSR count). The molecule has 0 atom stereocenters. The summed E-state index contributed by atoms with van der Waals surface area (Å²) in [6.07, 6.45) is 1.66. The highest BCUT2D eigenvalue weighted by Gasteiger charge is 2.11. The summed E-state index contributed by atoms with van der Waals surface area (Å²) in [4.78, 5) is 16.1. The molecule has 0 aliphatic carbocycles. The van der Waals surface area contributed by atoms with Crippen LogP contribution in [0.25, 0.3) is 0 Å². The minimum atomic E-state index is -0.278. The van der Waals surface area contributed by atoms with Crippen LogP contribution in [0.1, 0.15) is 10.4 Å². The number of ether oxygens (including phenoxy) is 1. The van der Waals surface area contributed by atoms with Crippen LogP contribution >= 0.6 is 46.1 Å². The summed E-state index contributed by atoms with van der Waals surface area (Å²) in [5.74, 6) is 0.449. The molecule has 8 heteroatoms. The van der Waals surface area contributed by atoms with E-state index in [1.165, 1.54) is 11.3 Å². The van der Waals surface area contributed by atoms with Crippen molar-refractivity contribution in [1.82, 2.24) is 10.3 Å². The molecule has 0 spiro atoms. The van der Waals surface area contributed by atoms with Crippen molar-refractivity contribution in [2.24, 2.45) is 0 Å². The van der Waals surface area contributed by atoms with Gasteiger partial charge in [0.05, 0.1) is 10.7 Å². The molecular formula is C12H10IN3O2S2. The Morgan fingerprint density at radius 2 is 2.30 bits per heavy atom. The van der Waals surface area contributed by atoms with Gasteiger partial charge in [-0.15, -0.1) is 11.3 Å². The molecule has 1 amide bonds. The van der Waals surface area contributed by atoms with Gasteiger partial charge in [0.2, 0.25) is 0 Å². The van der Waals surface area contributed by atoms with Crippen LogP contribution in [0.3, 0.4) is 0 Å². The highest BCUT2D eigenvalue weighted by Crippen LogP contribution is 2.21. The average Bonchev–Trinajstić information content (AvgIpc) is 2.91. The first-order valence-corrected chi connectivity index (χ1v) is 7.82. The third-order valence-electron chi connectivity index (χ3n) is 2.29. The number of nitrogens with zero attached hydrogens (tertiary/aromatic N) is 1. The van der Waals surface area contributed by atoms with E-state index in [0.717, 1.165) is 9.32 Å². The summed E-state index contributed by atoms with van der Waals surface area (Å²) in [5, 5.41) is 8.12. The third kappa shape index (κ3) is 3.87. The van der Waals surface area contributed by atoms with Crippen LogP contribution in [-0.4, -0.2) is 23.1 Å². The number of hydrogen-bond donors (Lipinski definition) is 2. The van der Waals surface area contributed by atoms with Gasteiger partial charge in [0.15, 0.2) is 10.2 Å². The molecule has 5 nitrogen and oxygen atoms in total. The molecule has 0 fully saturated rings. The van der Waals surface area contributed by atoms with Crippen LogP contribution < -0.4 is 15.4 Å². The second-order valence-electron chi connectivity index (χ2n) is 3.59. The van der Waals surface area contributed by atoms with E-state index in [1.54, 1.807) is 31.5 Å². The highest BCUT2D eigenvalue weighted by molar-refractivity contribution is 14.1. The quantitative estimate of drug-likeness (QED) is 0.592. The Labute approximate surface area is 138 Å². The van der Waals surface area contributed by atoms with Crippen molar-refractivity contribution in [1.29, 1.82) is 0 Å². The monoisotopic (exact) mass is 419 g/mol. The maximum absolute atomic E-state index is 12.0. The predicted molar refractivity (Wildman–Crippen MR) is 91.5 cm³/mol. The largest absolute Gasteiger partial charge is 0.496 e. The van der Waals surface area contributed by atoms with Crippen LogP contribution in [0, 0.1) is 3.57 Å².